The van der Waals surface area contributed by atoms with Crippen LogP contribution in [0.25, 0.3) is 0 Å². The van der Waals surface area contributed by atoms with Crippen LogP contribution in [0.1, 0.15) is 65.2 Å². The van der Waals surface area contributed by atoms with Crippen LogP contribution >= 0.6 is 7.94 Å². The summed E-state index contributed by atoms with van der Waals surface area (Å²) in [6.07, 6.45) is 0.0906. The molecular weight excluding hydrogens is 299 g/mol. The number of benzene rings is 1. The molecule has 1 aromatic carbocycles. The molecule has 0 aliphatic heterocycles. The molecule has 0 bridgehead atoms. The topological polar surface area (TPSA) is 69.9 Å². The molecule has 22 heavy (non-hydrogen) atoms. The molecule has 3 N–H and O–H groups in total. The monoisotopic (exact) mass is 330 g/mol. The first-order chi connectivity index (χ1) is 9.78. The summed E-state index contributed by atoms with van der Waals surface area (Å²) in [4.78, 5) is 20.1. The van der Waals surface area contributed by atoms with Crippen LogP contribution in [0, 0.1) is 0 Å². The van der Waals surface area contributed by atoms with Crippen LogP contribution in [0.5, 0.6) is 5.75 Å². The molecule has 0 saturated carbocycles. The SMILES string of the molecule is CCO[PH](O)(O)Cc1cc(C(C)(C)C)c(O)c(C(C)(C)C)c1. The van der Waals surface area contributed by atoms with Gasteiger partial charge in [-0.3, -0.25) is 0 Å². The Morgan fingerprint density at radius 1 is 0.955 bits per heavy atom. The zero-order valence-corrected chi connectivity index (χ0v) is 15.8. The molecule has 0 heterocycles. The van der Waals surface area contributed by atoms with E-state index in [1.54, 1.807) is 6.92 Å². The molecule has 0 fully saturated rings. The summed E-state index contributed by atoms with van der Waals surface area (Å²) in [5, 5.41) is 10.6. The second kappa shape index (κ2) is 6.45. The number of phenolic OH excluding ortho intramolecular Hbond substituents is 1. The predicted octanol–water partition coefficient (Wildman–Crippen LogP) is 4.00. The van der Waals surface area contributed by atoms with Gasteiger partial charge in [0.15, 0.2) is 0 Å². The van der Waals surface area contributed by atoms with Gasteiger partial charge in [0.1, 0.15) is 0 Å². The van der Waals surface area contributed by atoms with Crippen molar-refractivity contribution in [3.8, 4) is 5.75 Å². The Morgan fingerprint density at radius 3 is 1.68 bits per heavy atom. The van der Waals surface area contributed by atoms with Crippen LogP contribution in [-0.2, 0) is 21.5 Å². The van der Waals surface area contributed by atoms with Gasteiger partial charge in [-0.25, -0.2) is 0 Å². The van der Waals surface area contributed by atoms with Gasteiger partial charge in [-0.1, -0.05) is 0 Å². The Morgan fingerprint density at radius 2 is 1.36 bits per heavy atom. The van der Waals surface area contributed by atoms with E-state index in [0.29, 0.717) is 5.75 Å². The Balaban J connectivity index is 3.42. The van der Waals surface area contributed by atoms with E-state index in [1.165, 1.54) is 0 Å². The van der Waals surface area contributed by atoms with Crippen molar-refractivity contribution in [2.75, 3.05) is 6.61 Å². The zero-order chi connectivity index (χ0) is 17.3. The second-order valence-corrected chi connectivity index (χ2v) is 10.0. The van der Waals surface area contributed by atoms with Crippen LogP contribution in [0.3, 0.4) is 0 Å². The first kappa shape index (κ1) is 19.4. The van der Waals surface area contributed by atoms with E-state index in [-0.39, 0.29) is 23.6 Å². The van der Waals surface area contributed by atoms with Crippen LogP contribution in [0.15, 0.2) is 12.1 Å². The van der Waals surface area contributed by atoms with Crippen molar-refractivity contribution in [1.82, 2.24) is 0 Å². The predicted molar refractivity (Wildman–Crippen MR) is 93.6 cm³/mol. The Kier molecular flexibility index (Phi) is 5.68. The molecule has 0 saturated heterocycles. The van der Waals surface area contributed by atoms with E-state index >= 15 is 0 Å². The summed E-state index contributed by atoms with van der Waals surface area (Å²) in [5.74, 6) is 0.295. The first-order valence-corrected chi connectivity index (χ1v) is 9.74. The van der Waals surface area contributed by atoms with Gasteiger partial charge >= 0.3 is 134 Å². The average Bonchev–Trinajstić information content (AvgIpc) is 2.27. The molecule has 0 aliphatic rings. The van der Waals surface area contributed by atoms with Crippen molar-refractivity contribution in [3.05, 3.63) is 28.8 Å². The second-order valence-electron chi connectivity index (χ2n) is 7.89. The summed E-state index contributed by atoms with van der Waals surface area (Å²) in [7, 11) is -3.71. The summed E-state index contributed by atoms with van der Waals surface area (Å²) in [6.45, 7) is 14.2. The van der Waals surface area contributed by atoms with E-state index in [1.807, 2.05) is 53.7 Å². The third-order valence-corrected chi connectivity index (χ3v) is 5.22. The molecule has 0 unspecified atom stereocenters. The fourth-order valence-electron chi connectivity index (χ4n) is 2.49. The van der Waals surface area contributed by atoms with Gasteiger partial charge in [-0.15, -0.1) is 0 Å². The Bertz CT molecular complexity index is 489. The number of phenols is 1. The van der Waals surface area contributed by atoms with Crippen molar-refractivity contribution in [3.63, 3.8) is 0 Å². The van der Waals surface area contributed by atoms with Gasteiger partial charge in [0.05, 0.1) is 0 Å². The number of rotatable bonds is 4. The first-order valence-electron chi connectivity index (χ1n) is 7.73. The zero-order valence-electron chi connectivity index (χ0n) is 14.8. The van der Waals surface area contributed by atoms with Crippen molar-refractivity contribution in [2.45, 2.75) is 65.5 Å². The molecule has 5 heteroatoms. The van der Waals surface area contributed by atoms with Crippen molar-refractivity contribution >= 4 is 7.94 Å². The van der Waals surface area contributed by atoms with Gasteiger partial charge in [0, 0.05) is 0 Å². The molecule has 0 aliphatic carbocycles. The maximum absolute atomic E-state index is 10.6. The fraction of sp³-hybridized carbons (Fsp3) is 0.647. The van der Waals surface area contributed by atoms with Crippen molar-refractivity contribution in [2.24, 2.45) is 0 Å². The maximum atomic E-state index is 10.6. The summed E-state index contributed by atoms with van der Waals surface area (Å²) < 4.78 is 5.10. The standard InChI is InChI=1S/C17H31O4P/c1-8-21-22(19,20)11-12-9-13(16(2,3)4)15(18)14(10-12)17(5,6)7/h9-10,18-20,22H,8,11H2,1-7H3. The number of aromatic hydroxyl groups is 1. The third kappa shape index (κ3) is 4.92. The Labute approximate surface area is 134 Å². The summed E-state index contributed by atoms with van der Waals surface area (Å²) >= 11 is 0. The Hall–Kier alpha value is -0.670. The van der Waals surface area contributed by atoms with E-state index in [9.17, 15) is 14.9 Å². The van der Waals surface area contributed by atoms with Crippen LogP contribution in [0.2, 0.25) is 0 Å². The van der Waals surface area contributed by atoms with Crippen LogP contribution in [0.4, 0.5) is 0 Å². The van der Waals surface area contributed by atoms with Gasteiger partial charge < -0.3 is 0 Å². The van der Waals surface area contributed by atoms with Crippen molar-refractivity contribution in [1.29, 1.82) is 0 Å². The average molecular weight is 330 g/mol. The number of hydrogen-bond acceptors (Lipinski definition) is 4. The molecule has 0 aromatic heterocycles. The summed E-state index contributed by atoms with van der Waals surface area (Å²) in [6, 6.07) is 3.72. The molecule has 0 radical (unpaired) electrons. The van der Waals surface area contributed by atoms with E-state index in [4.69, 9.17) is 4.52 Å². The fourth-order valence-corrected chi connectivity index (χ4v) is 3.79. The molecule has 1 aromatic rings. The summed E-state index contributed by atoms with van der Waals surface area (Å²) in [5.41, 5.74) is 1.95. The minimum atomic E-state index is -3.71. The van der Waals surface area contributed by atoms with Crippen LogP contribution < -0.4 is 0 Å². The molecule has 1 rings (SSSR count). The van der Waals surface area contributed by atoms with Gasteiger partial charge in [0.2, 0.25) is 0 Å². The molecule has 128 valence electrons. The van der Waals surface area contributed by atoms with Crippen molar-refractivity contribution < 1.29 is 19.4 Å². The molecule has 0 amide bonds. The van der Waals surface area contributed by atoms with Crippen LogP contribution in [-0.4, -0.2) is 21.5 Å². The minimum absolute atomic E-state index is 0.0906. The van der Waals surface area contributed by atoms with E-state index in [0.717, 1.165) is 16.7 Å². The molecule has 0 atom stereocenters. The van der Waals surface area contributed by atoms with Gasteiger partial charge in [-0.05, 0) is 0 Å². The molecule has 0 spiro atoms. The molecular formula is C17H31O4P. The van der Waals surface area contributed by atoms with E-state index in [2.05, 4.69) is 0 Å². The third-order valence-electron chi connectivity index (χ3n) is 3.60. The number of hydrogen-bond donors (Lipinski definition) is 3. The van der Waals surface area contributed by atoms with Gasteiger partial charge in [-0.2, -0.15) is 0 Å². The van der Waals surface area contributed by atoms with E-state index < -0.39 is 7.94 Å². The molecule has 4 nitrogen and oxygen atoms in total. The normalized spacial score (nSPS) is 14.2. The quantitative estimate of drug-likeness (QED) is 0.730. The van der Waals surface area contributed by atoms with Gasteiger partial charge in [0.25, 0.3) is 0 Å².